The Kier molecular flexibility index (Phi) is 6.54. The number of halogens is 1. The minimum absolute atomic E-state index is 0.105. The van der Waals surface area contributed by atoms with Gasteiger partial charge in [0, 0.05) is 18.1 Å². The molecule has 0 spiro atoms. The first-order valence-corrected chi connectivity index (χ1v) is 6.38. The van der Waals surface area contributed by atoms with Gasteiger partial charge in [0.25, 0.3) is 0 Å². The van der Waals surface area contributed by atoms with Gasteiger partial charge in [-0.25, -0.2) is 0 Å². The summed E-state index contributed by atoms with van der Waals surface area (Å²) in [6, 6.07) is 5.11. The number of anilines is 1. The van der Waals surface area contributed by atoms with E-state index in [2.05, 4.69) is 5.32 Å². The SMILES string of the molecule is CCOc1ccc(Cl)cc1NC(=O)CCCCO. The molecule has 0 saturated carbocycles. The molecule has 0 atom stereocenters. The Balaban J connectivity index is 2.63. The first-order chi connectivity index (χ1) is 8.67. The molecule has 1 rings (SSSR count). The molecule has 4 nitrogen and oxygen atoms in total. The predicted octanol–water partition coefficient (Wildman–Crippen LogP) is 2.84. The van der Waals surface area contributed by atoms with Crippen molar-refractivity contribution in [3.05, 3.63) is 23.2 Å². The van der Waals surface area contributed by atoms with Crippen molar-refractivity contribution in [1.29, 1.82) is 0 Å². The first kappa shape index (κ1) is 14.8. The smallest absolute Gasteiger partial charge is 0.224 e. The lowest BCUT2D eigenvalue weighted by molar-refractivity contribution is -0.116. The summed E-state index contributed by atoms with van der Waals surface area (Å²) in [5.74, 6) is 0.504. The number of carbonyl (C=O) groups excluding carboxylic acids is 1. The third kappa shape index (κ3) is 4.94. The highest BCUT2D eigenvalue weighted by Crippen LogP contribution is 2.28. The van der Waals surface area contributed by atoms with Crippen LogP contribution in [0.4, 0.5) is 5.69 Å². The number of aliphatic hydroxyl groups is 1. The third-order valence-electron chi connectivity index (χ3n) is 2.33. The third-order valence-corrected chi connectivity index (χ3v) is 2.56. The standard InChI is InChI=1S/C13H18ClNO3/c1-2-18-12-7-6-10(14)9-11(12)15-13(17)5-3-4-8-16/h6-7,9,16H,2-5,8H2,1H3,(H,15,17). The second-order valence-electron chi connectivity index (χ2n) is 3.80. The zero-order valence-electron chi connectivity index (χ0n) is 10.4. The number of amides is 1. The number of ether oxygens (including phenoxy) is 1. The van der Waals surface area contributed by atoms with Gasteiger partial charge in [-0.05, 0) is 38.0 Å². The molecule has 1 aromatic rings. The van der Waals surface area contributed by atoms with E-state index in [-0.39, 0.29) is 12.5 Å². The summed E-state index contributed by atoms with van der Waals surface area (Å²) in [4.78, 5) is 11.7. The lowest BCUT2D eigenvalue weighted by Crippen LogP contribution is -2.12. The molecule has 18 heavy (non-hydrogen) atoms. The minimum atomic E-state index is -0.105. The molecule has 0 aliphatic carbocycles. The van der Waals surface area contributed by atoms with Crippen LogP contribution in [0.2, 0.25) is 5.02 Å². The summed E-state index contributed by atoms with van der Waals surface area (Å²) >= 11 is 5.89. The van der Waals surface area contributed by atoms with E-state index in [1.165, 1.54) is 0 Å². The molecule has 1 aromatic carbocycles. The highest BCUT2D eigenvalue weighted by molar-refractivity contribution is 6.31. The van der Waals surface area contributed by atoms with Crippen LogP contribution in [0.25, 0.3) is 0 Å². The van der Waals surface area contributed by atoms with E-state index < -0.39 is 0 Å². The molecular weight excluding hydrogens is 254 g/mol. The molecule has 100 valence electrons. The van der Waals surface area contributed by atoms with Gasteiger partial charge in [-0.15, -0.1) is 0 Å². The fraction of sp³-hybridized carbons (Fsp3) is 0.462. The number of hydrogen-bond donors (Lipinski definition) is 2. The average molecular weight is 272 g/mol. The molecule has 0 radical (unpaired) electrons. The molecule has 2 N–H and O–H groups in total. The maximum absolute atomic E-state index is 11.7. The number of aliphatic hydroxyl groups excluding tert-OH is 1. The van der Waals surface area contributed by atoms with Crippen molar-refractivity contribution in [2.75, 3.05) is 18.5 Å². The van der Waals surface area contributed by atoms with Crippen LogP contribution in [0.15, 0.2) is 18.2 Å². The summed E-state index contributed by atoms with van der Waals surface area (Å²) in [6.07, 6.45) is 1.66. The quantitative estimate of drug-likeness (QED) is 0.750. The highest BCUT2D eigenvalue weighted by Gasteiger charge is 2.08. The number of rotatable bonds is 7. The molecule has 1 amide bonds. The van der Waals surface area contributed by atoms with Crippen molar-refractivity contribution >= 4 is 23.2 Å². The zero-order chi connectivity index (χ0) is 13.4. The average Bonchev–Trinajstić information content (AvgIpc) is 2.33. The normalized spacial score (nSPS) is 10.2. The van der Waals surface area contributed by atoms with Crippen molar-refractivity contribution in [2.24, 2.45) is 0 Å². The largest absolute Gasteiger partial charge is 0.492 e. The fourth-order valence-electron chi connectivity index (χ4n) is 1.49. The Morgan fingerprint density at radius 1 is 1.44 bits per heavy atom. The van der Waals surface area contributed by atoms with E-state index in [1.807, 2.05) is 6.92 Å². The van der Waals surface area contributed by atoms with E-state index >= 15 is 0 Å². The Morgan fingerprint density at radius 3 is 2.89 bits per heavy atom. The Labute approximate surface area is 112 Å². The second-order valence-corrected chi connectivity index (χ2v) is 4.24. The van der Waals surface area contributed by atoms with Gasteiger partial charge in [0.1, 0.15) is 5.75 Å². The maximum atomic E-state index is 11.7. The van der Waals surface area contributed by atoms with Crippen molar-refractivity contribution in [1.82, 2.24) is 0 Å². The fourth-order valence-corrected chi connectivity index (χ4v) is 1.66. The second kappa shape index (κ2) is 7.95. The predicted molar refractivity (Wildman–Crippen MR) is 72.2 cm³/mol. The van der Waals surface area contributed by atoms with E-state index in [0.717, 1.165) is 0 Å². The number of nitrogens with one attached hydrogen (secondary N) is 1. The topological polar surface area (TPSA) is 58.6 Å². The van der Waals surface area contributed by atoms with Gasteiger partial charge in [0.15, 0.2) is 0 Å². The molecule has 0 aliphatic heterocycles. The number of hydrogen-bond acceptors (Lipinski definition) is 3. The highest BCUT2D eigenvalue weighted by atomic mass is 35.5. The monoisotopic (exact) mass is 271 g/mol. The van der Waals surface area contributed by atoms with Crippen LogP contribution in [-0.2, 0) is 4.79 Å². The van der Waals surface area contributed by atoms with Crippen molar-refractivity contribution in [2.45, 2.75) is 26.2 Å². The van der Waals surface area contributed by atoms with Crippen molar-refractivity contribution in [3.8, 4) is 5.75 Å². The summed E-state index contributed by atoms with van der Waals surface area (Å²) < 4.78 is 5.41. The molecular formula is C13H18ClNO3. The zero-order valence-corrected chi connectivity index (χ0v) is 11.2. The van der Waals surface area contributed by atoms with Crippen LogP contribution in [-0.4, -0.2) is 24.2 Å². The Morgan fingerprint density at radius 2 is 2.22 bits per heavy atom. The summed E-state index contributed by atoms with van der Waals surface area (Å²) in [7, 11) is 0. The van der Waals surface area contributed by atoms with Crippen molar-refractivity contribution in [3.63, 3.8) is 0 Å². The van der Waals surface area contributed by atoms with Crippen LogP contribution in [0, 0.1) is 0 Å². The van der Waals surface area contributed by atoms with Gasteiger partial charge in [-0.1, -0.05) is 11.6 Å². The van der Waals surface area contributed by atoms with Crippen LogP contribution >= 0.6 is 11.6 Å². The molecule has 0 aromatic heterocycles. The van der Waals surface area contributed by atoms with Crippen LogP contribution in [0.1, 0.15) is 26.2 Å². The molecule has 0 unspecified atom stereocenters. The van der Waals surface area contributed by atoms with Crippen LogP contribution < -0.4 is 10.1 Å². The molecule has 0 bridgehead atoms. The van der Waals surface area contributed by atoms with Gasteiger partial charge < -0.3 is 15.2 Å². The lowest BCUT2D eigenvalue weighted by atomic mass is 10.2. The Hall–Kier alpha value is -1.26. The minimum Gasteiger partial charge on any atom is -0.492 e. The number of carbonyl (C=O) groups is 1. The van der Waals surface area contributed by atoms with Gasteiger partial charge in [0.05, 0.1) is 12.3 Å². The molecule has 0 saturated heterocycles. The van der Waals surface area contributed by atoms with Gasteiger partial charge in [-0.3, -0.25) is 4.79 Å². The maximum Gasteiger partial charge on any atom is 0.224 e. The molecule has 0 heterocycles. The summed E-state index contributed by atoms with van der Waals surface area (Å²) in [5, 5.41) is 12.0. The number of unbranched alkanes of at least 4 members (excludes halogenated alkanes) is 1. The summed E-state index contributed by atoms with van der Waals surface area (Å²) in [5.41, 5.74) is 0.582. The summed E-state index contributed by atoms with van der Waals surface area (Å²) in [6.45, 7) is 2.51. The molecule has 0 fully saturated rings. The van der Waals surface area contributed by atoms with Crippen molar-refractivity contribution < 1.29 is 14.6 Å². The lowest BCUT2D eigenvalue weighted by Gasteiger charge is -2.11. The molecule has 5 heteroatoms. The molecule has 0 aliphatic rings. The van der Waals surface area contributed by atoms with Crippen LogP contribution in [0.5, 0.6) is 5.75 Å². The van der Waals surface area contributed by atoms with Gasteiger partial charge in [0.2, 0.25) is 5.91 Å². The van der Waals surface area contributed by atoms with Crippen LogP contribution in [0.3, 0.4) is 0 Å². The van der Waals surface area contributed by atoms with E-state index in [9.17, 15) is 4.79 Å². The van der Waals surface area contributed by atoms with Gasteiger partial charge in [-0.2, -0.15) is 0 Å². The van der Waals surface area contributed by atoms with Gasteiger partial charge >= 0.3 is 0 Å². The Bertz CT molecular complexity index is 396. The van der Waals surface area contributed by atoms with E-state index in [4.69, 9.17) is 21.4 Å². The van der Waals surface area contributed by atoms with E-state index in [1.54, 1.807) is 18.2 Å². The first-order valence-electron chi connectivity index (χ1n) is 6.00. The number of benzene rings is 1. The van der Waals surface area contributed by atoms with E-state index in [0.29, 0.717) is 42.3 Å².